The lowest BCUT2D eigenvalue weighted by molar-refractivity contribution is 0.544. The molecular formula is C16H30N4. The summed E-state index contributed by atoms with van der Waals surface area (Å²) in [5, 5.41) is 3.32. The molecule has 1 N–H and O–H groups in total. The summed E-state index contributed by atoms with van der Waals surface area (Å²) in [6.45, 7) is 15.9. The first-order chi connectivity index (χ1) is 9.42. The van der Waals surface area contributed by atoms with Crippen LogP contribution in [0.4, 0.5) is 11.6 Å². The lowest BCUT2D eigenvalue weighted by atomic mass is 9.96. The van der Waals surface area contributed by atoms with Crippen LogP contribution in [0.3, 0.4) is 0 Å². The molecule has 20 heavy (non-hydrogen) atoms. The average Bonchev–Trinajstić information content (AvgIpc) is 2.37. The molecule has 0 aliphatic rings. The summed E-state index contributed by atoms with van der Waals surface area (Å²) in [6, 6.07) is 2.07. The minimum absolute atomic E-state index is 0.0374. The topological polar surface area (TPSA) is 41.0 Å². The van der Waals surface area contributed by atoms with E-state index in [1.807, 2.05) is 0 Å². The molecule has 0 aromatic carbocycles. The van der Waals surface area contributed by atoms with Crippen LogP contribution in [0.5, 0.6) is 0 Å². The van der Waals surface area contributed by atoms with Crippen molar-refractivity contribution in [1.29, 1.82) is 0 Å². The van der Waals surface area contributed by atoms with E-state index in [2.05, 4.69) is 62.8 Å². The minimum Gasteiger partial charge on any atom is -0.370 e. The molecule has 1 aromatic rings. The van der Waals surface area contributed by atoms with Gasteiger partial charge in [0.15, 0.2) is 0 Å². The molecule has 0 fully saturated rings. The Labute approximate surface area is 124 Å². The van der Waals surface area contributed by atoms with Crippen LogP contribution >= 0.6 is 0 Å². The molecule has 1 rings (SSSR count). The van der Waals surface area contributed by atoms with Gasteiger partial charge >= 0.3 is 0 Å². The molecule has 1 aromatic heterocycles. The van der Waals surface area contributed by atoms with Crippen molar-refractivity contribution in [3.05, 3.63) is 11.9 Å². The minimum atomic E-state index is -0.0374. The number of nitrogens with one attached hydrogen (secondary N) is 1. The van der Waals surface area contributed by atoms with Crippen molar-refractivity contribution in [3.8, 4) is 0 Å². The van der Waals surface area contributed by atoms with Gasteiger partial charge in [-0.25, -0.2) is 9.97 Å². The standard InChI is InChI=1S/C16H30N4/c1-7-10-20(11-8-2)14-12-13(17-9-3)18-15(19-14)16(4,5)6/h12H,7-11H2,1-6H3,(H,17,18,19). The normalized spacial score (nSPS) is 11.5. The molecule has 0 spiro atoms. The van der Waals surface area contributed by atoms with Crippen molar-refractivity contribution in [3.63, 3.8) is 0 Å². The largest absolute Gasteiger partial charge is 0.370 e. The molecular weight excluding hydrogens is 248 g/mol. The maximum absolute atomic E-state index is 4.80. The fourth-order valence-electron chi connectivity index (χ4n) is 2.08. The van der Waals surface area contributed by atoms with E-state index in [1.54, 1.807) is 0 Å². The molecule has 0 radical (unpaired) electrons. The van der Waals surface area contributed by atoms with Crippen LogP contribution in [-0.4, -0.2) is 29.6 Å². The Bertz CT molecular complexity index is 403. The second-order valence-corrected chi connectivity index (χ2v) is 6.20. The van der Waals surface area contributed by atoms with Gasteiger partial charge in [0, 0.05) is 31.1 Å². The third-order valence-electron chi connectivity index (χ3n) is 3.05. The van der Waals surface area contributed by atoms with Crippen LogP contribution < -0.4 is 10.2 Å². The van der Waals surface area contributed by atoms with Gasteiger partial charge in [-0.3, -0.25) is 0 Å². The van der Waals surface area contributed by atoms with Gasteiger partial charge in [-0.1, -0.05) is 34.6 Å². The molecule has 0 saturated carbocycles. The van der Waals surface area contributed by atoms with Gasteiger partial charge in [0.1, 0.15) is 17.5 Å². The Morgan fingerprint density at radius 3 is 2.10 bits per heavy atom. The van der Waals surface area contributed by atoms with Crippen molar-refractivity contribution in [2.24, 2.45) is 0 Å². The van der Waals surface area contributed by atoms with Crippen LogP contribution in [0.25, 0.3) is 0 Å². The third kappa shape index (κ3) is 4.66. The van der Waals surface area contributed by atoms with Gasteiger partial charge < -0.3 is 10.2 Å². The highest BCUT2D eigenvalue weighted by molar-refractivity contribution is 5.50. The van der Waals surface area contributed by atoms with E-state index < -0.39 is 0 Å². The third-order valence-corrected chi connectivity index (χ3v) is 3.05. The van der Waals surface area contributed by atoms with E-state index in [1.165, 1.54) is 0 Å². The number of rotatable bonds is 7. The molecule has 0 bridgehead atoms. The number of hydrogen-bond acceptors (Lipinski definition) is 4. The van der Waals surface area contributed by atoms with Gasteiger partial charge in [0.25, 0.3) is 0 Å². The molecule has 0 saturated heterocycles. The van der Waals surface area contributed by atoms with Crippen molar-refractivity contribution in [2.45, 2.75) is 59.8 Å². The van der Waals surface area contributed by atoms with Crippen LogP contribution in [0, 0.1) is 0 Å². The molecule has 1 heterocycles. The lowest BCUT2D eigenvalue weighted by Crippen LogP contribution is -2.28. The monoisotopic (exact) mass is 278 g/mol. The zero-order valence-electron chi connectivity index (χ0n) is 14.0. The molecule has 4 heteroatoms. The molecule has 0 aliphatic carbocycles. The summed E-state index contributed by atoms with van der Waals surface area (Å²) in [6.07, 6.45) is 2.26. The number of aromatic nitrogens is 2. The quantitative estimate of drug-likeness (QED) is 0.823. The highest BCUT2D eigenvalue weighted by Crippen LogP contribution is 2.24. The summed E-state index contributed by atoms with van der Waals surface area (Å²) >= 11 is 0. The summed E-state index contributed by atoms with van der Waals surface area (Å²) in [5.41, 5.74) is -0.0374. The molecule has 0 atom stereocenters. The van der Waals surface area contributed by atoms with Gasteiger partial charge in [-0.15, -0.1) is 0 Å². The summed E-state index contributed by atoms with van der Waals surface area (Å²) < 4.78 is 0. The fourth-order valence-corrected chi connectivity index (χ4v) is 2.08. The molecule has 4 nitrogen and oxygen atoms in total. The second kappa shape index (κ2) is 7.46. The predicted octanol–water partition coefficient (Wildman–Crippen LogP) is 3.83. The van der Waals surface area contributed by atoms with Gasteiger partial charge in [0.05, 0.1) is 0 Å². The van der Waals surface area contributed by atoms with Crippen molar-refractivity contribution in [1.82, 2.24) is 9.97 Å². The number of hydrogen-bond donors (Lipinski definition) is 1. The Hall–Kier alpha value is -1.32. The van der Waals surface area contributed by atoms with E-state index in [-0.39, 0.29) is 5.41 Å². The van der Waals surface area contributed by atoms with E-state index in [0.717, 1.165) is 49.9 Å². The Morgan fingerprint density at radius 1 is 1.05 bits per heavy atom. The average molecular weight is 278 g/mol. The molecule has 0 amide bonds. The number of anilines is 2. The van der Waals surface area contributed by atoms with Crippen molar-refractivity contribution < 1.29 is 0 Å². The Balaban J connectivity index is 3.18. The van der Waals surface area contributed by atoms with Crippen LogP contribution in [0.1, 0.15) is 60.2 Å². The maximum Gasteiger partial charge on any atom is 0.138 e. The van der Waals surface area contributed by atoms with Gasteiger partial charge in [-0.2, -0.15) is 0 Å². The predicted molar refractivity (Wildman–Crippen MR) is 87.7 cm³/mol. The van der Waals surface area contributed by atoms with E-state index in [4.69, 9.17) is 4.98 Å². The Kier molecular flexibility index (Phi) is 6.24. The summed E-state index contributed by atoms with van der Waals surface area (Å²) in [5.74, 6) is 2.88. The first kappa shape index (κ1) is 16.7. The molecule has 0 aliphatic heterocycles. The van der Waals surface area contributed by atoms with E-state index >= 15 is 0 Å². The highest BCUT2D eigenvalue weighted by Gasteiger charge is 2.20. The van der Waals surface area contributed by atoms with Crippen LogP contribution in [0.15, 0.2) is 6.07 Å². The number of nitrogens with zero attached hydrogens (tertiary/aromatic N) is 3. The lowest BCUT2D eigenvalue weighted by Gasteiger charge is -2.26. The summed E-state index contributed by atoms with van der Waals surface area (Å²) in [4.78, 5) is 11.8. The first-order valence-electron chi connectivity index (χ1n) is 7.80. The van der Waals surface area contributed by atoms with Crippen molar-refractivity contribution >= 4 is 11.6 Å². The van der Waals surface area contributed by atoms with Crippen molar-refractivity contribution in [2.75, 3.05) is 29.9 Å². The van der Waals surface area contributed by atoms with Gasteiger partial charge in [0.2, 0.25) is 0 Å². The van der Waals surface area contributed by atoms with Crippen LogP contribution in [0.2, 0.25) is 0 Å². The van der Waals surface area contributed by atoms with E-state index in [9.17, 15) is 0 Å². The molecule has 114 valence electrons. The highest BCUT2D eigenvalue weighted by atomic mass is 15.2. The zero-order valence-corrected chi connectivity index (χ0v) is 14.0. The summed E-state index contributed by atoms with van der Waals surface area (Å²) in [7, 11) is 0. The van der Waals surface area contributed by atoms with Gasteiger partial charge in [-0.05, 0) is 19.8 Å². The smallest absolute Gasteiger partial charge is 0.138 e. The van der Waals surface area contributed by atoms with E-state index in [0.29, 0.717) is 0 Å². The fraction of sp³-hybridized carbons (Fsp3) is 0.750. The Morgan fingerprint density at radius 2 is 1.65 bits per heavy atom. The maximum atomic E-state index is 4.80. The first-order valence-corrected chi connectivity index (χ1v) is 7.80. The van der Waals surface area contributed by atoms with Crippen LogP contribution in [-0.2, 0) is 5.41 Å². The molecule has 0 unspecified atom stereocenters. The SMILES string of the molecule is CCCN(CCC)c1cc(NCC)nc(C(C)(C)C)n1. The second-order valence-electron chi connectivity index (χ2n) is 6.20. The zero-order chi connectivity index (χ0) is 15.2.